The molecule has 18 N–H and O–H groups in total. The van der Waals surface area contributed by atoms with Crippen molar-refractivity contribution in [2.24, 2.45) is 29.4 Å². The van der Waals surface area contributed by atoms with Crippen LogP contribution in [0.3, 0.4) is 0 Å². The van der Waals surface area contributed by atoms with E-state index in [1.54, 1.807) is 85.7 Å². The lowest BCUT2D eigenvalue weighted by Crippen LogP contribution is -2.64. The van der Waals surface area contributed by atoms with Gasteiger partial charge in [0.25, 0.3) is 0 Å². The van der Waals surface area contributed by atoms with Crippen molar-refractivity contribution in [3.8, 4) is 0 Å². The van der Waals surface area contributed by atoms with Gasteiger partial charge in [0.15, 0.2) is 12.4 Å². The minimum absolute atomic E-state index is 0.0955. The Bertz CT molecular complexity index is 3260. The van der Waals surface area contributed by atoms with E-state index >= 15 is 0 Å². The number of carbonyl (C=O) groups excluding carboxylic acids is 12. The number of rotatable bonds is 20. The number of esters is 2. The Kier molecular flexibility index (Phi) is 32.3. The minimum atomic E-state index is -2.01. The molecule has 0 spiro atoms. The lowest BCUT2D eigenvalue weighted by molar-refractivity contribution is -0.362. The second-order valence-electron chi connectivity index (χ2n) is 25.9. The SMILES string of the molecule is CC[C@H](C)[C@H]1NC(=O)[C@@H](CC(N)=O)NC(=O)[C@H](NC(=O)/C=C/c2ccccc2/C=C/C(=O)O[C@@H]2O[C@H](CO)[C@@H](O)[C@H](O)[C@H]2O[C@@H]2O[C@H](CO)[C@@H](O)C(O)[C@H]2O)[C@@H](C)OC(=O)[C@H](CC(C)C)NC(=O)[C@@H](C(C)C)NC(=O)CNC(=O)CNC(=O)[C@@H](C(C)C)NC(=O)[C@H](Cc2ccccc2)NC1=O. The molecule has 0 radical (unpaired) electrons. The quantitative estimate of drug-likeness (QED) is 0.0436. The number of ether oxygens (including phenoxy) is 5. The van der Waals surface area contributed by atoms with E-state index in [0.717, 1.165) is 12.2 Å². The molecule has 2 aromatic rings. The minimum Gasteiger partial charge on any atom is -0.458 e. The third-order valence-corrected chi connectivity index (χ3v) is 16.8. The molecule has 34 heteroatoms. The number of hydrogen-bond acceptors (Lipinski definition) is 24. The molecule has 0 aliphatic carbocycles. The van der Waals surface area contributed by atoms with E-state index < -0.39 is 231 Å². The number of carbonyl (C=O) groups is 12. The van der Waals surface area contributed by atoms with E-state index in [-0.39, 0.29) is 36.3 Å². The highest BCUT2D eigenvalue weighted by Crippen LogP contribution is 2.30. The molecule has 0 saturated carbocycles. The molecule has 3 heterocycles. The highest BCUT2D eigenvalue weighted by atomic mass is 16.8. The summed E-state index contributed by atoms with van der Waals surface area (Å²) in [6.07, 6.45) is -16.9. The first-order valence-electron chi connectivity index (χ1n) is 33.1. The van der Waals surface area contributed by atoms with Crippen LogP contribution in [-0.4, -0.2) is 243 Å². The number of hydrogen-bond donors (Lipinski definition) is 17. The first-order valence-corrected chi connectivity index (χ1v) is 33.1. The van der Waals surface area contributed by atoms with Gasteiger partial charge < -0.3 is 113 Å². The molecule has 5 rings (SSSR count). The fourth-order valence-corrected chi connectivity index (χ4v) is 10.8. The zero-order valence-electron chi connectivity index (χ0n) is 57.5. The number of nitrogens with two attached hydrogens (primary N) is 1. The van der Waals surface area contributed by atoms with Gasteiger partial charge >= 0.3 is 11.9 Å². The van der Waals surface area contributed by atoms with Gasteiger partial charge in [0.1, 0.15) is 91.1 Å². The van der Waals surface area contributed by atoms with Crippen molar-refractivity contribution in [3.05, 3.63) is 83.4 Å². The maximum absolute atomic E-state index is 14.8. The van der Waals surface area contributed by atoms with Crippen LogP contribution in [0.4, 0.5) is 0 Å². The molecule has 10 amide bonds. The van der Waals surface area contributed by atoms with Crippen LogP contribution >= 0.6 is 0 Å². The summed E-state index contributed by atoms with van der Waals surface area (Å²) in [5.74, 6) is -14.5. The molecule has 3 aliphatic heterocycles. The summed E-state index contributed by atoms with van der Waals surface area (Å²) in [5, 5.41) is 95.2. The van der Waals surface area contributed by atoms with Gasteiger partial charge in [0.05, 0.1) is 32.7 Å². The maximum atomic E-state index is 14.8. The van der Waals surface area contributed by atoms with Crippen molar-refractivity contribution in [1.82, 2.24) is 47.9 Å². The number of benzene rings is 2. The lowest BCUT2D eigenvalue weighted by Gasteiger charge is -2.45. The number of aliphatic hydroxyl groups excluding tert-OH is 7. The Hall–Kier alpha value is -8.84. The second-order valence-corrected chi connectivity index (χ2v) is 25.9. The monoisotopic (exact) mass is 1420 g/mol. The fourth-order valence-electron chi connectivity index (χ4n) is 10.8. The average Bonchev–Trinajstić information content (AvgIpc) is 0.790. The molecule has 34 nitrogen and oxygen atoms in total. The van der Waals surface area contributed by atoms with Crippen LogP contribution in [0, 0.1) is 23.7 Å². The normalized spacial score (nSPS) is 30.3. The molecule has 3 fully saturated rings. The van der Waals surface area contributed by atoms with E-state index in [2.05, 4.69) is 47.9 Å². The van der Waals surface area contributed by atoms with Crippen LogP contribution < -0.4 is 53.6 Å². The number of cyclic esters (lactones) is 1. The van der Waals surface area contributed by atoms with E-state index in [1.807, 2.05) is 0 Å². The summed E-state index contributed by atoms with van der Waals surface area (Å²) in [7, 11) is 0. The van der Waals surface area contributed by atoms with Crippen LogP contribution in [-0.2, 0) is 87.6 Å². The van der Waals surface area contributed by atoms with Crippen molar-refractivity contribution in [2.75, 3.05) is 26.3 Å². The Balaban J connectivity index is 1.51. The number of primary amides is 1. The molecule has 3 aliphatic rings. The summed E-state index contributed by atoms with van der Waals surface area (Å²) in [5.41, 5.74) is 6.64. The topological polar surface area (TPSA) is 527 Å². The predicted molar refractivity (Wildman–Crippen MR) is 355 cm³/mol. The van der Waals surface area contributed by atoms with Gasteiger partial charge in [-0.1, -0.05) is 116 Å². The fraction of sp³-hybridized carbons (Fsp3) is 0.582. The molecule has 3 saturated heterocycles. The molecule has 19 atom stereocenters. The van der Waals surface area contributed by atoms with Crippen LogP contribution in [0.2, 0.25) is 0 Å². The Morgan fingerprint density at radius 3 is 1.70 bits per heavy atom. The summed E-state index contributed by atoms with van der Waals surface area (Å²) in [6, 6.07) is 3.48. The maximum Gasteiger partial charge on any atom is 0.333 e. The van der Waals surface area contributed by atoms with Crippen molar-refractivity contribution < 1.29 is 117 Å². The van der Waals surface area contributed by atoms with Gasteiger partial charge in [0.2, 0.25) is 65.4 Å². The van der Waals surface area contributed by atoms with Crippen molar-refractivity contribution in [3.63, 3.8) is 0 Å². The summed E-state index contributed by atoms with van der Waals surface area (Å²) in [4.78, 5) is 167. The van der Waals surface area contributed by atoms with E-state index in [9.17, 15) is 93.3 Å². The van der Waals surface area contributed by atoms with E-state index in [1.165, 1.54) is 43.3 Å². The van der Waals surface area contributed by atoms with Gasteiger partial charge in [-0.3, -0.25) is 47.9 Å². The molecule has 101 heavy (non-hydrogen) atoms. The summed E-state index contributed by atoms with van der Waals surface area (Å²) < 4.78 is 27.8. The summed E-state index contributed by atoms with van der Waals surface area (Å²) in [6.45, 7) is 11.2. The highest BCUT2D eigenvalue weighted by molar-refractivity contribution is 6.00. The molecular weight excluding hydrogens is 1330 g/mol. The van der Waals surface area contributed by atoms with Gasteiger partial charge in [0, 0.05) is 18.6 Å². The second kappa shape index (κ2) is 39.4. The Morgan fingerprint density at radius 1 is 0.594 bits per heavy atom. The zero-order valence-corrected chi connectivity index (χ0v) is 57.5. The van der Waals surface area contributed by atoms with E-state index in [0.29, 0.717) is 5.56 Å². The van der Waals surface area contributed by atoms with Crippen LogP contribution in [0.1, 0.15) is 98.3 Å². The number of aliphatic hydroxyl groups is 7. The standard InChI is InChI=1S/C67H96N10O24/c1-10-34(8)51-63(94)71-39(25-36-16-12-11-13-17-36)59(90)76-49(32(4)5)61(92)70-27-46(82)69-28-47(83)75-50(33(6)7)62(93)73-41(24-31(2)3)65(96)97-35(9)52(64(95)72-40(26-44(68)80)60(91)77-51)74-45(81)22-20-37-18-14-15-19-38(37)21-23-48(84)100-67-58(56(88)54(86)43(30-79)99-67)101-66-57(89)55(87)53(85)42(29-78)98-66/h11-23,31-35,39-43,49-58,66-67,78-79,85-89H,10,24-30H2,1-9H3,(H2,68,80)(H,69,82)(H,70,92)(H,71,94)(H,72,95)(H,73,93)(H,74,81)(H,75,83)(H,76,90)(H,77,91)/b22-20+,23-21+/t34-,35+,39-,40+,41-,42+,43+,49+,50+,51+,52+,53+,54+,55?,56-,57+,58+,66-,67-/m0/s1. The largest absolute Gasteiger partial charge is 0.458 e. The van der Waals surface area contributed by atoms with Crippen molar-refractivity contribution in [2.45, 2.75) is 198 Å². The molecule has 0 aromatic heterocycles. The molecular formula is C67H96N10O24. The molecule has 0 bridgehead atoms. The molecule has 2 aromatic carbocycles. The molecule has 558 valence electrons. The third kappa shape index (κ3) is 24.5. The third-order valence-electron chi connectivity index (χ3n) is 16.8. The van der Waals surface area contributed by atoms with Gasteiger partial charge in [-0.05, 0) is 65.9 Å². The Morgan fingerprint density at radius 2 is 1.12 bits per heavy atom. The van der Waals surface area contributed by atoms with Crippen LogP contribution in [0.5, 0.6) is 0 Å². The van der Waals surface area contributed by atoms with Gasteiger partial charge in [-0.2, -0.15) is 0 Å². The Labute approximate surface area is 583 Å². The van der Waals surface area contributed by atoms with E-state index in [4.69, 9.17) is 29.4 Å². The smallest absolute Gasteiger partial charge is 0.333 e. The van der Waals surface area contributed by atoms with Crippen molar-refractivity contribution >= 4 is 83.2 Å². The molecule has 1 unspecified atom stereocenters. The van der Waals surface area contributed by atoms with Gasteiger partial charge in [-0.15, -0.1) is 0 Å². The lowest BCUT2D eigenvalue weighted by atomic mass is 9.96. The average molecular weight is 1430 g/mol. The summed E-state index contributed by atoms with van der Waals surface area (Å²) >= 11 is 0. The van der Waals surface area contributed by atoms with Crippen LogP contribution in [0.15, 0.2) is 66.7 Å². The predicted octanol–water partition coefficient (Wildman–Crippen LogP) is -5.03. The van der Waals surface area contributed by atoms with Gasteiger partial charge in [-0.25, -0.2) is 9.59 Å². The van der Waals surface area contributed by atoms with Crippen molar-refractivity contribution in [1.29, 1.82) is 0 Å². The highest BCUT2D eigenvalue weighted by Gasteiger charge is 2.52. The first kappa shape index (κ1) is 82.8. The number of amides is 10. The zero-order chi connectivity index (χ0) is 75.1. The van der Waals surface area contributed by atoms with Crippen LogP contribution in [0.25, 0.3) is 12.2 Å². The first-order chi connectivity index (χ1) is 47.7. The number of nitrogens with one attached hydrogen (secondary N) is 9.